The van der Waals surface area contributed by atoms with Crippen LogP contribution in [0.5, 0.6) is 0 Å². The molecule has 0 radical (unpaired) electrons. The maximum Gasteiger partial charge on any atom is 0.225 e. The van der Waals surface area contributed by atoms with Gasteiger partial charge in [0, 0.05) is 25.6 Å². The number of carbonyl (C=O) groups excluding carboxylic acids is 2. The van der Waals surface area contributed by atoms with Gasteiger partial charge in [-0.25, -0.2) is 8.42 Å². The van der Waals surface area contributed by atoms with Crippen molar-refractivity contribution in [3.05, 3.63) is 0 Å². The first kappa shape index (κ1) is 16.3. The van der Waals surface area contributed by atoms with Gasteiger partial charge in [-0.2, -0.15) is 0 Å². The smallest absolute Gasteiger partial charge is 0.225 e. The van der Waals surface area contributed by atoms with Crippen molar-refractivity contribution in [2.75, 3.05) is 24.6 Å². The average molecular weight is 316 g/mol. The van der Waals surface area contributed by atoms with Gasteiger partial charge in [0.2, 0.25) is 11.8 Å². The van der Waals surface area contributed by atoms with E-state index in [2.05, 4.69) is 19.2 Å². The molecule has 2 rings (SSSR count). The topological polar surface area (TPSA) is 83.6 Å². The Morgan fingerprint density at radius 2 is 2.14 bits per heavy atom. The molecule has 0 aliphatic carbocycles. The van der Waals surface area contributed by atoms with Crippen LogP contribution in [0.25, 0.3) is 0 Å². The molecule has 2 fully saturated rings. The summed E-state index contributed by atoms with van der Waals surface area (Å²) in [6, 6.07) is -0.240. The van der Waals surface area contributed by atoms with Crippen molar-refractivity contribution in [3.63, 3.8) is 0 Å². The highest BCUT2D eigenvalue weighted by Crippen LogP contribution is 2.26. The van der Waals surface area contributed by atoms with Gasteiger partial charge in [0.25, 0.3) is 0 Å². The van der Waals surface area contributed by atoms with E-state index in [4.69, 9.17) is 0 Å². The zero-order valence-electron chi connectivity index (χ0n) is 12.7. The molecule has 21 heavy (non-hydrogen) atoms. The van der Waals surface area contributed by atoms with E-state index < -0.39 is 9.84 Å². The van der Waals surface area contributed by atoms with Gasteiger partial charge in [-0.15, -0.1) is 0 Å². The number of amides is 2. The minimum atomic E-state index is -3.01. The first-order chi connectivity index (χ1) is 9.78. The van der Waals surface area contributed by atoms with Crippen molar-refractivity contribution >= 4 is 21.7 Å². The highest BCUT2D eigenvalue weighted by Gasteiger charge is 2.41. The fourth-order valence-electron chi connectivity index (χ4n) is 2.91. The summed E-state index contributed by atoms with van der Waals surface area (Å²) < 4.78 is 23.0. The van der Waals surface area contributed by atoms with Gasteiger partial charge in [0.15, 0.2) is 9.84 Å². The lowest BCUT2D eigenvalue weighted by Crippen LogP contribution is -2.39. The molecule has 2 amide bonds. The first-order valence-electron chi connectivity index (χ1n) is 7.56. The molecule has 2 atom stereocenters. The van der Waals surface area contributed by atoms with Crippen LogP contribution < -0.4 is 5.32 Å². The van der Waals surface area contributed by atoms with Crippen LogP contribution >= 0.6 is 0 Å². The van der Waals surface area contributed by atoms with Gasteiger partial charge in [-0.05, 0) is 18.8 Å². The van der Waals surface area contributed by atoms with Gasteiger partial charge >= 0.3 is 0 Å². The molecule has 0 aromatic rings. The largest absolute Gasteiger partial charge is 0.356 e. The summed E-state index contributed by atoms with van der Waals surface area (Å²) in [5.74, 6) is 0.185. The molecule has 0 unspecified atom stereocenters. The molecule has 0 bridgehead atoms. The molecule has 2 saturated heterocycles. The number of rotatable bonds is 5. The number of carbonyl (C=O) groups is 2. The van der Waals surface area contributed by atoms with Crippen LogP contribution in [-0.2, 0) is 19.4 Å². The molecule has 0 saturated carbocycles. The van der Waals surface area contributed by atoms with Crippen LogP contribution in [-0.4, -0.2) is 55.8 Å². The van der Waals surface area contributed by atoms with Crippen molar-refractivity contribution in [1.29, 1.82) is 0 Å². The van der Waals surface area contributed by atoms with E-state index >= 15 is 0 Å². The van der Waals surface area contributed by atoms with Gasteiger partial charge in [-0.3, -0.25) is 9.59 Å². The van der Waals surface area contributed by atoms with Crippen LogP contribution in [0.4, 0.5) is 0 Å². The molecule has 2 aliphatic rings. The summed E-state index contributed by atoms with van der Waals surface area (Å²) in [7, 11) is -3.01. The maximum absolute atomic E-state index is 12.1. The molecule has 0 aromatic heterocycles. The lowest BCUT2D eigenvalue weighted by atomic mass is 10.1. The molecular weight excluding hydrogens is 292 g/mol. The maximum atomic E-state index is 12.1. The second-order valence-corrected chi connectivity index (χ2v) is 8.71. The summed E-state index contributed by atoms with van der Waals surface area (Å²) in [5, 5.41) is 2.87. The molecular formula is C14H24N2O4S. The molecule has 0 aromatic carbocycles. The number of nitrogens with zero attached hydrogens (tertiary/aromatic N) is 1. The number of sulfone groups is 1. The molecule has 6 nitrogen and oxygen atoms in total. The lowest BCUT2D eigenvalue weighted by Gasteiger charge is -2.23. The summed E-state index contributed by atoms with van der Waals surface area (Å²) in [6.07, 6.45) is 1.61. The van der Waals surface area contributed by atoms with E-state index in [9.17, 15) is 18.0 Å². The normalized spacial score (nSPS) is 28.3. The van der Waals surface area contributed by atoms with Gasteiger partial charge in [0.1, 0.15) is 0 Å². The van der Waals surface area contributed by atoms with Crippen LogP contribution in [0.3, 0.4) is 0 Å². The minimum absolute atomic E-state index is 0.0421. The Hall–Kier alpha value is -1.11. The van der Waals surface area contributed by atoms with Gasteiger partial charge in [0.05, 0.1) is 17.4 Å². The molecule has 2 aliphatic heterocycles. The standard InChI is InChI=1S/C14H24N2O4S/c1-10(2)3-5-15-14(18)11-7-13(17)16(8-11)12-4-6-21(19,20)9-12/h10-12H,3-9H2,1-2H3,(H,15,18)/t11-,12+/m0/s1. The van der Waals surface area contributed by atoms with Crippen LogP contribution in [0.1, 0.15) is 33.1 Å². The zero-order valence-corrected chi connectivity index (χ0v) is 13.5. The Morgan fingerprint density at radius 3 is 2.71 bits per heavy atom. The highest BCUT2D eigenvalue weighted by molar-refractivity contribution is 7.91. The van der Waals surface area contributed by atoms with E-state index in [0.717, 1.165) is 6.42 Å². The average Bonchev–Trinajstić information content (AvgIpc) is 2.91. The Balaban J connectivity index is 1.86. The monoisotopic (exact) mass is 316 g/mol. The van der Waals surface area contributed by atoms with E-state index in [-0.39, 0.29) is 41.7 Å². The Labute approximate surface area is 126 Å². The summed E-state index contributed by atoms with van der Waals surface area (Å²) in [6.45, 7) is 5.16. The van der Waals surface area contributed by atoms with Crippen LogP contribution in [0, 0.1) is 11.8 Å². The van der Waals surface area contributed by atoms with E-state index in [1.165, 1.54) is 0 Å². The third-order valence-corrected chi connectivity index (χ3v) is 5.95. The predicted molar refractivity (Wildman–Crippen MR) is 79.3 cm³/mol. The summed E-state index contributed by atoms with van der Waals surface area (Å²) in [4.78, 5) is 25.7. The third kappa shape index (κ3) is 4.18. The number of hydrogen-bond acceptors (Lipinski definition) is 4. The second-order valence-electron chi connectivity index (χ2n) is 6.48. The number of hydrogen-bond donors (Lipinski definition) is 1. The van der Waals surface area contributed by atoms with E-state index in [1.807, 2.05) is 0 Å². The van der Waals surface area contributed by atoms with Crippen LogP contribution in [0.2, 0.25) is 0 Å². The Kier molecular flexibility index (Phi) is 4.91. The molecule has 0 spiro atoms. The Morgan fingerprint density at radius 1 is 1.43 bits per heavy atom. The second kappa shape index (κ2) is 6.34. The lowest BCUT2D eigenvalue weighted by molar-refractivity contribution is -0.130. The predicted octanol–water partition coefficient (Wildman–Crippen LogP) is 0.184. The Bertz CT molecular complexity index is 515. The van der Waals surface area contributed by atoms with Gasteiger partial charge in [-0.1, -0.05) is 13.8 Å². The number of likely N-dealkylation sites (tertiary alicyclic amines) is 1. The van der Waals surface area contributed by atoms with Crippen molar-refractivity contribution in [2.45, 2.75) is 39.2 Å². The number of nitrogens with one attached hydrogen (secondary N) is 1. The van der Waals surface area contributed by atoms with E-state index in [1.54, 1.807) is 4.90 Å². The minimum Gasteiger partial charge on any atom is -0.356 e. The van der Waals surface area contributed by atoms with Crippen molar-refractivity contribution in [1.82, 2.24) is 10.2 Å². The third-order valence-electron chi connectivity index (χ3n) is 4.20. The fourth-order valence-corrected chi connectivity index (χ4v) is 4.64. The van der Waals surface area contributed by atoms with Crippen molar-refractivity contribution < 1.29 is 18.0 Å². The quantitative estimate of drug-likeness (QED) is 0.784. The molecule has 1 N–H and O–H groups in total. The molecule has 7 heteroatoms. The fraction of sp³-hybridized carbons (Fsp3) is 0.857. The molecule has 120 valence electrons. The highest BCUT2D eigenvalue weighted by atomic mass is 32.2. The summed E-state index contributed by atoms with van der Waals surface area (Å²) in [5.41, 5.74) is 0. The zero-order chi connectivity index (χ0) is 15.6. The molecule has 2 heterocycles. The van der Waals surface area contributed by atoms with Crippen LogP contribution in [0.15, 0.2) is 0 Å². The van der Waals surface area contributed by atoms with Crippen molar-refractivity contribution in [2.24, 2.45) is 11.8 Å². The van der Waals surface area contributed by atoms with Crippen molar-refractivity contribution in [3.8, 4) is 0 Å². The van der Waals surface area contributed by atoms with E-state index in [0.29, 0.717) is 25.4 Å². The SMILES string of the molecule is CC(C)CCNC(=O)[C@H]1CC(=O)N([C@@H]2CCS(=O)(=O)C2)C1. The van der Waals surface area contributed by atoms with Gasteiger partial charge < -0.3 is 10.2 Å². The first-order valence-corrected chi connectivity index (χ1v) is 9.38. The summed E-state index contributed by atoms with van der Waals surface area (Å²) >= 11 is 0.